The fourth-order valence-corrected chi connectivity index (χ4v) is 2.74. The molecule has 2 N–H and O–H groups in total. The van der Waals surface area contributed by atoms with Crippen LogP contribution in [0.4, 0.5) is 11.8 Å². The summed E-state index contributed by atoms with van der Waals surface area (Å²) in [4.78, 5) is 10.0. The van der Waals surface area contributed by atoms with Gasteiger partial charge < -0.3 is 15.2 Å². The molecule has 110 valence electrons. The molecule has 3 aromatic rings. The van der Waals surface area contributed by atoms with E-state index in [-0.39, 0.29) is 0 Å². The molecule has 3 rings (SSSR count). The molecule has 0 aromatic carbocycles. The second-order valence-electron chi connectivity index (χ2n) is 4.75. The van der Waals surface area contributed by atoms with Gasteiger partial charge in [0.15, 0.2) is 5.76 Å². The highest BCUT2D eigenvalue weighted by molar-refractivity contribution is 7.16. The molecule has 0 aliphatic carbocycles. The molecule has 0 radical (unpaired) electrons. The summed E-state index contributed by atoms with van der Waals surface area (Å²) in [5.74, 6) is 2.26. The summed E-state index contributed by atoms with van der Waals surface area (Å²) in [5.41, 5.74) is 0.875. The molecule has 0 saturated heterocycles. The van der Waals surface area contributed by atoms with Crippen LogP contribution < -0.4 is 10.6 Å². The Morgan fingerprint density at radius 3 is 2.95 bits per heavy atom. The van der Waals surface area contributed by atoms with Crippen molar-refractivity contribution in [3.63, 3.8) is 0 Å². The highest BCUT2D eigenvalue weighted by Gasteiger charge is 2.09. The molecule has 0 fully saturated rings. The Bertz CT molecular complexity index is 736. The lowest BCUT2D eigenvalue weighted by atomic mass is 10.3. The summed E-state index contributed by atoms with van der Waals surface area (Å²) in [5, 5.41) is 13.5. The van der Waals surface area contributed by atoms with Gasteiger partial charge in [-0.2, -0.15) is 4.98 Å². The Hall–Kier alpha value is -2.15. The highest BCUT2D eigenvalue weighted by atomic mass is 32.1. The number of nitrogens with zero attached hydrogens (tertiary/aromatic N) is 3. The quantitative estimate of drug-likeness (QED) is 0.726. The maximum atomic E-state index is 5.21. The lowest BCUT2D eigenvalue weighted by Crippen LogP contribution is -2.07. The topological polar surface area (TPSA) is 75.9 Å². The van der Waals surface area contributed by atoms with Gasteiger partial charge >= 0.3 is 0 Å². The molecule has 0 amide bonds. The lowest BCUT2D eigenvalue weighted by molar-refractivity contribution is 0.384. The van der Waals surface area contributed by atoms with Crippen LogP contribution in [0, 0.1) is 6.92 Å². The molecule has 3 aromatic heterocycles. The van der Waals surface area contributed by atoms with Gasteiger partial charge in [-0.1, -0.05) is 12.1 Å². The minimum Gasteiger partial charge on any atom is -0.362 e. The third-order valence-electron chi connectivity index (χ3n) is 2.97. The van der Waals surface area contributed by atoms with E-state index in [1.807, 2.05) is 24.4 Å². The van der Waals surface area contributed by atoms with E-state index in [0.717, 1.165) is 40.5 Å². The number of rotatable bonds is 6. The smallest absolute Gasteiger partial charge is 0.226 e. The van der Waals surface area contributed by atoms with Gasteiger partial charge in [-0.05, 0) is 24.8 Å². The van der Waals surface area contributed by atoms with E-state index < -0.39 is 0 Å². The molecule has 7 heteroatoms. The summed E-state index contributed by atoms with van der Waals surface area (Å²) >= 11 is 1.61. The second-order valence-corrected chi connectivity index (χ2v) is 5.64. The van der Waals surface area contributed by atoms with Crippen molar-refractivity contribution >= 4 is 33.3 Å². The van der Waals surface area contributed by atoms with Crippen LogP contribution in [0.3, 0.4) is 0 Å². The molecule has 0 unspecified atom stereocenters. The number of aromatic nitrogens is 3. The molecule has 0 aliphatic heterocycles. The van der Waals surface area contributed by atoms with Gasteiger partial charge in [0, 0.05) is 12.6 Å². The van der Waals surface area contributed by atoms with E-state index in [9.17, 15) is 0 Å². The van der Waals surface area contributed by atoms with Crippen LogP contribution in [0.25, 0.3) is 10.2 Å². The van der Waals surface area contributed by atoms with Crippen molar-refractivity contribution in [3.8, 4) is 0 Å². The first-order chi connectivity index (χ1) is 10.3. The zero-order valence-electron chi connectivity index (χ0n) is 12.0. The Morgan fingerprint density at radius 2 is 2.19 bits per heavy atom. The fraction of sp³-hybridized carbons (Fsp3) is 0.357. The average Bonchev–Trinajstić information content (AvgIpc) is 3.11. The van der Waals surface area contributed by atoms with E-state index >= 15 is 0 Å². The molecule has 3 heterocycles. The zero-order chi connectivity index (χ0) is 14.7. The summed E-state index contributed by atoms with van der Waals surface area (Å²) in [6.45, 7) is 5.43. The Kier molecular flexibility index (Phi) is 4.01. The molecule has 0 bridgehead atoms. The van der Waals surface area contributed by atoms with Crippen LogP contribution >= 0.6 is 11.3 Å². The Morgan fingerprint density at radius 1 is 1.29 bits per heavy atom. The maximum Gasteiger partial charge on any atom is 0.226 e. The predicted octanol–water partition coefficient (Wildman–Crippen LogP) is 3.42. The molecule has 6 nitrogen and oxygen atoms in total. The van der Waals surface area contributed by atoms with Crippen LogP contribution in [0.2, 0.25) is 0 Å². The second kappa shape index (κ2) is 6.09. The van der Waals surface area contributed by atoms with Crippen LogP contribution in [0.5, 0.6) is 0 Å². The number of aryl methyl sites for hydroxylation is 1. The predicted molar refractivity (Wildman–Crippen MR) is 84.8 cm³/mol. The third kappa shape index (κ3) is 3.13. The van der Waals surface area contributed by atoms with Gasteiger partial charge in [0.25, 0.3) is 0 Å². The van der Waals surface area contributed by atoms with Crippen molar-refractivity contribution in [2.24, 2.45) is 0 Å². The zero-order valence-corrected chi connectivity index (χ0v) is 12.8. The fourth-order valence-electron chi connectivity index (χ4n) is 1.98. The van der Waals surface area contributed by atoms with E-state index in [1.165, 1.54) is 0 Å². The number of fused-ring (bicyclic) bond motifs is 1. The highest BCUT2D eigenvalue weighted by Crippen LogP contribution is 2.26. The Labute approximate surface area is 126 Å². The third-order valence-corrected chi connectivity index (χ3v) is 3.77. The summed E-state index contributed by atoms with van der Waals surface area (Å²) in [7, 11) is 0. The van der Waals surface area contributed by atoms with E-state index in [2.05, 4.69) is 32.7 Å². The minimum atomic E-state index is 0.552. The molecule has 0 aliphatic rings. The molecule has 0 spiro atoms. The van der Waals surface area contributed by atoms with Crippen molar-refractivity contribution in [1.82, 2.24) is 15.1 Å². The number of thiophene rings is 1. The molecular weight excluding hydrogens is 286 g/mol. The largest absolute Gasteiger partial charge is 0.362 e. The summed E-state index contributed by atoms with van der Waals surface area (Å²) in [6, 6.07) is 3.94. The van der Waals surface area contributed by atoms with Crippen molar-refractivity contribution in [2.75, 3.05) is 17.2 Å². The number of hydrogen-bond donors (Lipinski definition) is 2. The first-order valence-electron chi connectivity index (χ1n) is 6.91. The van der Waals surface area contributed by atoms with Crippen molar-refractivity contribution < 1.29 is 4.52 Å². The normalized spacial score (nSPS) is 11.0. The van der Waals surface area contributed by atoms with Crippen LogP contribution in [0.1, 0.15) is 24.8 Å². The molecule has 0 saturated carbocycles. The van der Waals surface area contributed by atoms with Gasteiger partial charge in [-0.3, -0.25) is 0 Å². The van der Waals surface area contributed by atoms with Crippen LogP contribution in [-0.4, -0.2) is 21.7 Å². The van der Waals surface area contributed by atoms with Crippen molar-refractivity contribution in [2.45, 2.75) is 26.8 Å². The summed E-state index contributed by atoms with van der Waals surface area (Å²) in [6.07, 6.45) is 1.03. The first kappa shape index (κ1) is 13.8. The van der Waals surface area contributed by atoms with E-state index in [0.29, 0.717) is 12.5 Å². The standard InChI is InChI=1S/C14H17N5OS/c1-3-5-15-14-17-12(11-4-6-21-13(11)18-14)16-8-10-7-9(2)19-20-10/h4,6-7H,3,5,8H2,1-2H3,(H2,15,16,17,18). The molecular formula is C14H17N5OS. The number of anilines is 2. The van der Waals surface area contributed by atoms with Gasteiger partial charge in [-0.15, -0.1) is 11.3 Å². The summed E-state index contributed by atoms with van der Waals surface area (Å²) < 4.78 is 5.21. The Balaban J connectivity index is 1.83. The van der Waals surface area contributed by atoms with Gasteiger partial charge in [0.05, 0.1) is 17.6 Å². The van der Waals surface area contributed by atoms with E-state index in [1.54, 1.807) is 11.3 Å². The maximum absolute atomic E-state index is 5.21. The number of nitrogens with one attached hydrogen (secondary N) is 2. The monoisotopic (exact) mass is 303 g/mol. The van der Waals surface area contributed by atoms with Gasteiger partial charge in [0.1, 0.15) is 10.6 Å². The average molecular weight is 303 g/mol. The van der Waals surface area contributed by atoms with Crippen molar-refractivity contribution in [1.29, 1.82) is 0 Å². The lowest BCUT2D eigenvalue weighted by Gasteiger charge is -2.08. The SMILES string of the molecule is CCCNc1nc(NCc2cc(C)no2)c2ccsc2n1. The molecule has 21 heavy (non-hydrogen) atoms. The molecule has 0 atom stereocenters. The van der Waals surface area contributed by atoms with Gasteiger partial charge in [0.2, 0.25) is 5.95 Å². The first-order valence-corrected chi connectivity index (χ1v) is 7.79. The van der Waals surface area contributed by atoms with E-state index in [4.69, 9.17) is 4.52 Å². The van der Waals surface area contributed by atoms with Crippen LogP contribution in [0.15, 0.2) is 22.0 Å². The van der Waals surface area contributed by atoms with Crippen molar-refractivity contribution in [3.05, 3.63) is 29.0 Å². The van der Waals surface area contributed by atoms with Gasteiger partial charge in [-0.25, -0.2) is 4.98 Å². The van der Waals surface area contributed by atoms with Crippen LogP contribution in [-0.2, 0) is 6.54 Å². The number of hydrogen-bond acceptors (Lipinski definition) is 7. The minimum absolute atomic E-state index is 0.552.